The van der Waals surface area contributed by atoms with Crippen molar-refractivity contribution in [3.63, 3.8) is 0 Å². The first-order valence-corrected chi connectivity index (χ1v) is 10.6. The van der Waals surface area contributed by atoms with Gasteiger partial charge in [0, 0.05) is 32.2 Å². The van der Waals surface area contributed by atoms with Crippen molar-refractivity contribution in [1.29, 1.82) is 0 Å². The molecule has 2 fully saturated rings. The summed E-state index contributed by atoms with van der Waals surface area (Å²) >= 11 is 0. The molecule has 1 saturated heterocycles. The smallest absolute Gasteiger partial charge is 0.233 e. The molecule has 5 rings (SSSR count). The third kappa shape index (κ3) is 3.49. The van der Waals surface area contributed by atoms with Gasteiger partial charge in [-0.25, -0.2) is 4.98 Å². The van der Waals surface area contributed by atoms with Gasteiger partial charge in [-0.3, -0.25) is 24.6 Å². The van der Waals surface area contributed by atoms with E-state index in [1.165, 1.54) is 11.2 Å². The van der Waals surface area contributed by atoms with Gasteiger partial charge in [0.2, 0.25) is 11.8 Å². The maximum absolute atomic E-state index is 12.8. The van der Waals surface area contributed by atoms with Crippen molar-refractivity contribution in [2.45, 2.75) is 13.0 Å². The normalized spacial score (nSPS) is 26.6. The lowest BCUT2D eigenvalue weighted by atomic mass is 9.85. The van der Waals surface area contributed by atoms with Crippen molar-refractivity contribution in [3.05, 3.63) is 48.3 Å². The second-order valence-electron chi connectivity index (χ2n) is 8.21. The van der Waals surface area contributed by atoms with Crippen LogP contribution in [0.3, 0.4) is 0 Å². The molecule has 3 N–H and O–H groups in total. The highest BCUT2D eigenvalue weighted by molar-refractivity contribution is 6.06. The van der Waals surface area contributed by atoms with Crippen molar-refractivity contribution < 1.29 is 9.59 Å². The number of aromatic nitrogens is 3. The quantitative estimate of drug-likeness (QED) is 0.278. The van der Waals surface area contributed by atoms with Gasteiger partial charge >= 0.3 is 0 Å². The van der Waals surface area contributed by atoms with Crippen molar-refractivity contribution in [2.24, 2.45) is 28.7 Å². The standard InChI is InChI=1S/C22H25N7O2/c1-23-22(25-11-13-3-2-4-16(9-13)19-26-12-27-28-19)24-7-8-29-20(30)17-14-5-6-15(10-14)18(17)21(29)31/h2-6,9,12,14-15,17-18H,7-8,10-11H2,1H3,(H2,23,24,25)(H,26,27,28). The van der Waals surface area contributed by atoms with E-state index in [1.807, 2.05) is 24.3 Å². The Morgan fingerprint density at radius 3 is 2.65 bits per heavy atom. The van der Waals surface area contributed by atoms with Crippen LogP contribution < -0.4 is 10.6 Å². The molecule has 4 atom stereocenters. The molecule has 2 bridgehead atoms. The van der Waals surface area contributed by atoms with Gasteiger partial charge in [0.15, 0.2) is 11.8 Å². The largest absolute Gasteiger partial charge is 0.355 e. The number of hydrogen-bond donors (Lipinski definition) is 3. The molecular formula is C22H25N7O2. The molecule has 31 heavy (non-hydrogen) atoms. The summed E-state index contributed by atoms with van der Waals surface area (Å²) in [5, 5.41) is 13.2. The van der Waals surface area contributed by atoms with E-state index < -0.39 is 0 Å². The molecule has 9 nitrogen and oxygen atoms in total. The molecule has 1 saturated carbocycles. The van der Waals surface area contributed by atoms with E-state index in [4.69, 9.17) is 0 Å². The number of hydrogen-bond acceptors (Lipinski definition) is 5. The zero-order valence-corrected chi connectivity index (χ0v) is 17.3. The number of aromatic amines is 1. The Morgan fingerprint density at radius 1 is 1.19 bits per heavy atom. The van der Waals surface area contributed by atoms with Crippen molar-refractivity contribution >= 4 is 17.8 Å². The average Bonchev–Trinajstić information content (AvgIpc) is 3.58. The van der Waals surface area contributed by atoms with Crippen LogP contribution in [0.5, 0.6) is 0 Å². The van der Waals surface area contributed by atoms with Gasteiger partial charge in [0.05, 0.1) is 11.8 Å². The molecule has 1 aromatic heterocycles. The van der Waals surface area contributed by atoms with Crippen LogP contribution in [0, 0.1) is 23.7 Å². The van der Waals surface area contributed by atoms with Crippen LogP contribution in [-0.2, 0) is 16.1 Å². The molecule has 1 aromatic carbocycles. The Bertz CT molecular complexity index is 1020. The molecular weight excluding hydrogens is 394 g/mol. The van der Waals surface area contributed by atoms with Gasteiger partial charge in [-0.05, 0) is 29.9 Å². The van der Waals surface area contributed by atoms with E-state index in [1.54, 1.807) is 7.05 Å². The SMILES string of the molecule is CN=C(NCCN1C(=O)C2C3C=CC(C3)C2C1=O)NCc1cccc(-c2ncn[nH]2)c1. The maximum Gasteiger partial charge on any atom is 0.233 e. The molecule has 2 aliphatic carbocycles. The molecule has 0 spiro atoms. The Labute approximate surface area is 180 Å². The van der Waals surface area contributed by atoms with E-state index in [0.717, 1.165) is 23.4 Å². The summed E-state index contributed by atoms with van der Waals surface area (Å²) in [5.41, 5.74) is 2.03. The lowest BCUT2D eigenvalue weighted by Gasteiger charge is -2.18. The first-order chi connectivity index (χ1) is 15.2. The third-order valence-electron chi connectivity index (χ3n) is 6.49. The highest BCUT2D eigenvalue weighted by Crippen LogP contribution is 2.52. The Hall–Kier alpha value is -3.49. The number of nitrogens with zero attached hydrogens (tertiary/aromatic N) is 4. The molecule has 2 heterocycles. The van der Waals surface area contributed by atoms with Crippen molar-refractivity contribution in [1.82, 2.24) is 30.7 Å². The number of H-pyrrole nitrogens is 1. The predicted molar refractivity (Wildman–Crippen MR) is 114 cm³/mol. The number of aliphatic imine (C=N–C) groups is 1. The number of benzene rings is 1. The van der Waals surface area contributed by atoms with Crippen LogP contribution in [0.4, 0.5) is 0 Å². The topological polar surface area (TPSA) is 115 Å². The number of rotatable bonds is 6. The summed E-state index contributed by atoms with van der Waals surface area (Å²) in [7, 11) is 1.69. The van der Waals surface area contributed by atoms with E-state index in [2.05, 4.69) is 43.0 Å². The zero-order valence-electron chi connectivity index (χ0n) is 17.3. The van der Waals surface area contributed by atoms with Crippen LogP contribution in [-0.4, -0.2) is 58.0 Å². The molecule has 160 valence electrons. The number of imide groups is 1. The lowest BCUT2D eigenvalue weighted by Crippen LogP contribution is -2.43. The first kappa shape index (κ1) is 19.5. The maximum atomic E-state index is 12.8. The van der Waals surface area contributed by atoms with E-state index in [9.17, 15) is 9.59 Å². The minimum absolute atomic E-state index is 0.0131. The number of carbonyl (C=O) groups is 2. The summed E-state index contributed by atoms with van der Waals surface area (Å²) in [6.45, 7) is 1.38. The number of fused-ring (bicyclic) bond motifs is 5. The first-order valence-electron chi connectivity index (χ1n) is 10.6. The fourth-order valence-corrected chi connectivity index (χ4v) is 5.05. The van der Waals surface area contributed by atoms with E-state index in [-0.39, 0.29) is 35.5 Å². The fourth-order valence-electron chi connectivity index (χ4n) is 5.05. The molecule has 4 unspecified atom stereocenters. The van der Waals surface area contributed by atoms with Crippen LogP contribution >= 0.6 is 0 Å². The minimum atomic E-state index is -0.142. The van der Waals surface area contributed by atoms with E-state index >= 15 is 0 Å². The Kier molecular flexibility index (Phi) is 5.01. The highest BCUT2D eigenvalue weighted by atomic mass is 16.2. The summed E-state index contributed by atoms with van der Waals surface area (Å²) < 4.78 is 0. The highest BCUT2D eigenvalue weighted by Gasteiger charge is 2.58. The fraction of sp³-hybridized carbons (Fsp3) is 0.409. The summed E-state index contributed by atoms with van der Waals surface area (Å²) in [6.07, 6.45) is 6.66. The van der Waals surface area contributed by atoms with Crippen molar-refractivity contribution in [2.75, 3.05) is 20.1 Å². The minimum Gasteiger partial charge on any atom is -0.355 e. The Balaban J connectivity index is 1.13. The third-order valence-corrected chi connectivity index (χ3v) is 6.49. The van der Waals surface area contributed by atoms with Gasteiger partial charge in [0.25, 0.3) is 0 Å². The number of nitrogens with one attached hydrogen (secondary N) is 3. The monoisotopic (exact) mass is 419 g/mol. The summed E-state index contributed by atoms with van der Waals surface area (Å²) in [5.74, 6) is 1.51. The van der Waals surface area contributed by atoms with Gasteiger partial charge in [-0.2, -0.15) is 5.10 Å². The number of carbonyl (C=O) groups excluding carboxylic acids is 2. The van der Waals surface area contributed by atoms with E-state index in [0.29, 0.717) is 25.6 Å². The predicted octanol–water partition coefficient (Wildman–Crippen LogP) is 0.944. The molecule has 3 aliphatic rings. The second kappa shape index (κ2) is 7.98. The van der Waals surface area contributed by atoms with Gasteiger partial charge in [0.1, 0.15) is 6.33 Å². The number of likely N-dealkylation sites (tertiary alicyclic amines) is 1. The number of amides is 2. The summed E-state index contributed by atoms with van der Waals surface area (Å²) in [6, 6.07) is 7.99. The molecule has 9 heteroatoms. The van der Waals surface area contributed by atoms with Crippen LogP contribution in [0.2, 0.25) is 0 Å². The van der Waals surface area contributed by atoms with Crippen molar-refractivity contribution in [3.8, 4) is 11.4 Å². The molecule has 2 amide bonds. The zero-order chi connectivity index (χ0) is 21.4. The number of allylic oxidation sites excluding steroid dienone is 2. The van der Waals surface area contributed by atoms with Gasteiger partial charge < -0.3 is 10.6 Å². The van der Waals surface area contributed by atoms with Crippen LogP contribution in [0.1, 0.15) is 12.0 Å². The number of guanidine groups is 1. The molecule has 0 radical (unpaired) electrons. The Morgan fingerprint density at radius 2 is 1.97 bits per heavy atom. The van der Waals surface area contributed by atoms with Crippen LogP contribution in [0.25, 0.3) is 11.4 Å². The molecule has 1 aliphatic heterocycles. The second-order valence-corrected chi connectivity index (χ2v) is 8.21. The molecule has 2 aromatic rings. The van der Waals surface area contributed by atoms with Gasteiger partial charge in [-0.15, -0.1) is 0 Å². The van der Waals surface area contributed by atoms with Gasteiger partial charge in [-0.1, -0.05) is 30.4 Å². The summed E-state index contributed by atoms with van der Waals surface area (Å²) in [4.78, 5) is 35.4. The van der Waals surface area contributed by atoms with Crippen LogP contribution in [0.15, 0.2) is 47.7 Å². The average molecular weight is 419 g/mol. The lowest BCUT2D eigenvalue weighted by molar-refractivity contribution is -0.140.